The van der Waals surface area contributed by atoms with E-state index in [0.29, 0.717) is 43.4 Å². The number of hydrogen-bond donors (Lipinski definition) is 1. The summed E-state index contributed by atoms with van der Waals surface area (Å²) in [7, 11) is 0. The number of hydrogen-bond acceptors (Lipinski definition) is 6. The highest BCUT2D eigenvalue weighted by Gasteiger charge is 2.55. The van der Waals surface area contributed by atoms with E-state index >= 15 is 0 Å². The van der Waals surface area contributed by atoms with Crippen molar-refractivity contribution < 1.29 is 18.8 Å². The summed E-state index contributed by atoms with van der Waals surface area (Å²) in [6.07, 6.45) is 3.98. The minimum absolute atomic E-state index is 0.261. The first kappa shape index (κ1) is 18.1. The minimum atomic E-state index is -0.877. The number of likely N-dealkylation sites (tertiary alicyclic amines) is 1. The average Bonchev–Trinajstić information content (AvgIpc) is 3.42. The molecule has 29 heavy (non-hydrogen) atoms. The van der Waals surface area contributed by atoms with Gasteiger partial charge in [-0.3, -0.25) is 9.59 Å². The number of ether oxygens (including phenoxy) is 1. The Kier molecular flexibility index (Phi) is 4.11. The second kappa shape index (κ2) is 6.57. The number of fused-ring (bicyclic) bond motifs is 4. The Hall–Kier alpha value is -2.90. The predicted octanol–water partition coefficient (Wildman–Crippen LogP) is 2.11. The molecule has 152 valence electrons. The van der Waals surface area contributed by atoms with Crippen LogP contribution in [0, 0.1) is 5.92 Å². The minimum Gasteiger partial charge on any atom is -0.468 e. The second-order valence-electron chi connectivity index (χ2n) is 8.42. The molecular formula is C21H24N4O4. The largest absolute Gasteiger partial charge is 0.468 e. The number of rotatable bonds is 6. The molecule has 3 heterocycles. The van der Waals surface area contributed by atoms with E-state index in [1.54, 1.807) is 4.90 Å². The van der Waals surface area contributed by atoms with E-state index in [0.717, 1.165) is 24.2 Å². The van der Waals surface area contributed by atoms with Crippen molar-refractivity contribution in [2.24, 2.45) is 11.7 Å². The first-order valence-corrected chi connectivity index (χ1v) is 10.2. The monoisotopic (exact) mass is 396 g/mol. The summed E-state index contributed by atoms with van der Waals surface area (Å²) >= 11 is 0. The van der Waals surface area contributed by atoms with Gasteiger partial charge in [-0.2, -0.15) is 4.98 Å². The number of piperidine rings is 1. The van der Waals surface area contributed by atoms with Crippen LogP contribution in [0.3, 0.4) is 0 Å². The fourth-order valence-corrected chi connectivity index (χ4v) is 4.64. The number of nitrogens with zero attached hydrogens (tertiary/aromatic N) is 3. The van der Waals surface area contributed by atoms with Crippen molar-refractivity contribution in [2.45, 2.75) is 56.6 Å². The van der Waals surface area contributed by atoms with Crippen molar-refractivity contribution in [3.8, 4) is 5.75 Å². The maximum Gasteiger partial charge on any atom is 0.238 e. The number of nitrogens with two attached hydrogens (primary N) is 1. The van der Waals surface area contributed by atoms with Crippen molar-refractivity contribution in [1.82, 2.24) is 15.0 Å². The molecule has 2 N–H and O–H groups in total. The third-order valence-electron chi connectivity index (χ3n) is 6.26. The van der Waals surface area contributed by atoms with Crippen molar-refractivity contribution in [3.05, 3.63) is 41.5 Å². The zero-order chi connectivity index (χ0) is 20.2. The fourth-order valence-electron chi connectivity index (χ4n) is 4.64. The summed E-state index contributed by atoms with van der Waals surface area (Å²) in [5.74, 6) is 0.525. The standard InChI is InChI=1S/C21H24N4O4/c1-21-11-14(13-5-2-3-6-15(13)28-21)17(18(22)26)20(27)25(21)10-4-7-16-23-19(24-29-16)12-8-9-12/h2-3,5-6,12,14,17H,4,7-11H2,1H3,(H2,22,26). The van der Waals surface area contributed by atoms with Crippen LogP contribution in [0.25, 0.3) is 0 Å². The van der Waals surface area contributed by atoms with Crippen LogP contribution in [0.5, 0.6) is 5.75 Å². The van der Waals surface area contributed by atoms with Gasteiger partial charge < -0.3 is 19.9 Å². The van der Waals surface area contributed by atoms with Crippen LogP contribution >= 0.6 is 0 Å². The number of aromatic nitrogens is 2. The summed E-state index contributed by atoms with van der Waals surface area (Å²) in [6.45, 7) is 2.33. The Balaban J connectivity index is 1.36. The Bertz CT molecular complexity index is 969. The lowest BCUT2D eigenvalue weighted by molar-refractivity contribution is -0.175. The van der Waals surface area contributed by atoms with E-state index in [-0.39, 0.29) is 11.8 Å². The number of benzene rings is 1. The lowest BCUT2D eigenvalue weighted by atomic mass is 9.73. The number of aryl methyl sites for hydroxylation is 1. The van der Waals surface area contributed by atoms with E-state index in [1.165, 1.54) is 0 Å². The van der Waals surface area contributed by atoms with Crippen LogP contribution in [0.2, 0.25) is 0 Å². The van der Waals surface area contributed by atoms with Gasteiger partial charge in [0.1, 0.15) is 11.7 Å². The molecule has 8 nitrogen and oxygen atoms in total. The maximum absolute atomic E-state index is 13.2. The summed E-state index contributed by atoms with van der Waals surface area (Å²) in [4.78, 5) is 31.5. The molecule has 8 heteroatoms. The van der Waals surface area contributed by atoms with Gasteiger partial charge in [-0.25, -0.2) is 0 Å². The Morgan fingerprint density at radius 3 is 2.90 bits per heavy atom. The summed E-state index contributed by atoms with van der Waals surface area (Å²) in [6, 6.07) is 7.57. The van der Waals surface area contributed by atoms with Crippen LogP contribution < -0.4 is 10.5 Å². The van der Waals surface area contributed by atoms with Crippen molar-refractivity contribution in [2.75, 3.05) is 6.54 Å². The van der Waals surface area contributed by atoms with Gasteiger partial charge in [0.25, 0.3) is 0 Å². The number of carbonyl (C=O) groups is 2. The molecule has 3 unspecified atom stereocenters. The molecule has 3 aliphatic rings. The molecule has 2 fully saturated rings. The summed E-state index contributed by atoms with van der Waals surface area (Å²) < 4.78 is 11.6. The number of amides is 2. The molecule has 1 aliphatic carbocycles. The number of primary amides is 1. The summed E-state index contributed by atoms with van der Waals surface area (Å²) in [5.41, 5.74) is 5.72. The number of para-hydroxylation sites is 1. The van der Waals surface area contributed by atoms with E-state index < -0.39 is 17.6 Å². The van der Waals surface area contributed by atoms with Gasteiger partial charge in [0.15, 0.2) is 11.5 Å². The second-order valence-corrected chi connectivity index (χ2v) is 8.42. The van der Waals surface area contributed by atoms with E-state index in [2.05, 4.69) is 10.1 Å². The highest BCUT2D eigenvalue weighted by Crippen LogP contribution is 2.50. The van der Waals surface area contributed by atoms with Crippen LogP contribution in [-0.2, 0) is 16.0 Å². The highest BCUT2D eigenvalue weighted by molar-refractivity contribution is 6.01. The molecule has 0 radical (unpaired) electrons. The zero-order valence-corrected chi connectivity index (χ0v) is 16.3. The average molecular weight is 396 g/mol. The molecule has 2 aromatic rings. The van der Waals surface area contributed by atoms with E-state index in [9.17, 15) is 9.59 Å². The van der Waals surface area contributed by atoms with Crippen molar-refractivity contribution in [3.63, 3.8) is 0 Å². The van der Waals surface area contributed by atoms with Gasteiger partial charge in [0.2, 0.25) is 17.7 Å². The van der Waals surface area contributed by atoms with Crippen LogP contribution in [0.1, 0.15) is 61.7 Å². The molecule has 2 amide bonds. The van der Waals surface area contributed by atoms with Gasteiger partial charge in [-0.05, 0) is 37.8 Å². The molecule has 5 rings (SSSR count). The highest BCUT2D eigenvalue weighted by atomic mass is 16.5. The van der Waals surface area contributed by atoms with Crippen LogP contribution in [0.15, 0.2) is 28.8 Å². The molecule has 1 aromatic carbocycles. The molecule has 2 bridgehead atoms. The molecule has 3 atom stereocenters. The van der Waals surface area contributed by atoms with Crippen molar-refractivity contribution >= 4 is 11.8 Å². The van der Waals surface area contributed by atoms with Crippen molar-refractivity contribution in [1.29, 1.82) is 0 Å². The van der Waals surface area contributed by atoms with Crippen LogP contribution in [0.4, 0.5) is 0 Å². The molecule has 2 aliphatic heterocycles. The van der Waals surface area contributed by atoms with Crippen LogP contribution in [-0.4, -0.2) is 39.1 Å². The SMILES string of the molecule is CC12CC(c3ccccc3O1)C(C(N)=O)C(=O)N2CCCc1nc(C2CC2)no1. The lowest BCUT2D eigenvalue weighted by Crippen LogP contribution is -2.64. The topological polar surface area (TPSA) is 112 Å². The smallest absolute Gasteiger partial charge is 0.238 e. The molecule has 0 spiro atoms. The first-order valence-electron chi connectivity index (χ1n) is 10.2. The Morgan fingerprint density at radius 2 is 2.14 bits per heavy atom. The molecule has 1 aromatic heterocycles. The molecule has 1 saturated heterocycles. The van der Waals surface area contributed by atoms with E-state index in [1.807, 2.05) is 31.2 Å². The summed E-state index contributed by atoms with van der Waals surface area (Å²) in [5, 5.41) is 4.03. The quantitative estimate of drug-likeness (QED) is 0.749. The van der Waals surface area contributed by atoms with Gasteiger partial charge in [0, 0.05) is 31.2 Å². The third-order valence-corrected chi connectivity index (χ3v) is 6.26. The number of carbonyl (C=O) groups excluding carboxylic acids is 2. The maximum atomic E-state index is 13.2. The third kappa shape index (κ3) is 3.07. The van der Waals surface area contributed by atoms with Gasteiger partial charge in [-0.15, -0.1) is 0 Å². The van der Waals surface area contributed by atoms with Gasteiger partial charge in [0.05, 0.1) is 0 Å². The Labute approximate surface area is 168 Å². The lowest BCUT2D eigenvalue weighted by Gasteiger charge is -2.52. The first-order chi connectivity index (χ1) is 14.0. The molecule has 1 saturated carbocycles. The predicted molar refractivity (Wildman–Crippen MR) is 102 cm³/mol. The van der Waals surface area contributed by atoms with Gasteiger partial charge >= 0.3 is 0 Å². The van der Waals surface area contributed by atoms with E-state index in [4.69, 9.17) is 15.0 Å². The normalized spacial score (nSPS) is 28.0. The zero-order valence-electron chi connectivity index (χ0n) is 16.3. The Morgan fingerprint density at radius 1 is 1.34 bits per heavy atom. The van der Waals surface area contributed by atoms with Gasteiger partial charge in [-0.1, -0.05) is 23.4 Å². The molecular weight excluding hydrogens is 372 g/mol. The fraction of sp³-hybridized carbons (Fsp3) is 0.524.